The van der Waals surface area contributed by atoms with Gasteiger partial charge in [0, 0.05) is 37.0 Å². The van der Waals surface area contributed by atoms with E-state index >= 15 is 0 Å². The molecule has 26 heavy (non-hydrogen) atoms. The second kappa shape index (κ2) is 10.4. The van der Waals surface area contributed by atoms with Gasteiger partial charge < -0.3 is 21.3 Å². The van der Waals surface area contributed by atoms with Crippen LogP contribution >= 0.6 is 0 Å². The van der Waals surface area contributed by atoms with E-state index in [1.807, 2.05) is 20.8 Å². The third-order valence-corrected chi connectivity index (χ3v) is 4.86. The molecular weight excluding hydrogens is 330 g/mol. The molecule has 0 aromatic carbocycles. The van der Waals surface area contributed by atoms with E-state index in [0.717, 1.165) is 51.0 Å². The van der Waals surface area contributed by atoms with Crippen LogP contribution in [-0.2, 0) is 9.59 Å². The van der Waals surface area contributed by atoms with Crippen LogP contribution in [0.3, 0.4) is 0 Å². The van der Waals surface area contributed by atoms with Crippen LogP contribution in [0.1, 0.15) is 59.3 Å². The fraction of sp³-hybridized carbons (Fsp3) is 0.842. The molecule has 2 rings (SSSR count). The minimum atomic E-state index is -0.00806. The number of nitrogens with zero attached hydrogens (tertiary/aromatic N) is 1. The number of rotatable bonds is 8. The van der Waals surface area contributed by atoms with Gasteiger partial charge in [-0.25, -0.2) is 0 Å². The zero-order chi connectivity index (χ0) is 18.9. The molecule has 0 bridgehead atoms. The van der Waals surface area contributed by atoms with Gasteiger partial charge in [-0.05, 0) is 39.0 Å². The first kappa shape index (κ1) is 20.5. The molecule has 7 heteroatoms. The molecule has 0 heterocycles. The molecule has 0 aliphatic heterocycles. The Bertz CT molecular complexity index is 502. The minimum absolute atomic E-state index is 0.00806. The largest absolute Gasteiger partial charge is 0.357 e. The van der Waals surface area contributed by atoms with E-state index in [0.29, 0.717) is 19.1 Å². The van der Waals surface area contributed by atoms with Gasteiger partial charge in [0.15, 0.2) is 5.96 Å². The number of carbonyl (C=O) groups excluding carboxylic acids is 2. The molecule has 2 aliphatic carbocycles. The van der Waals surface area contributed by atoms with Gasteiger partial charge in [0.1, 0.15) is 0 Å². The Morgan fingerprint density at radius 3 is 2.46 bits per heavy atom. The van der Waals surface area contributed by atoms with E-state index in [2.05, 4.69) is 26.3 Å². The highest BCUT2D eigenvalue weighted by molar-refractivity contribution is 5.81. The normalized spacial score (nSPS) is 23.5. The van der Waals surface area contributed by atoms with E-state index in [4.69, 9.17) is 0 Å². The quantitative estimate of drug-likeness (QED) is 0.295. The van der Waals surface area contributed by atoms with Crippen LogP contribution in [0.15, 0.2) is 4.99 Å². The van der Waals surface area contributed by atoms with Crippen molar-refractivity contribution in [2.75, 3.05) is 19.6 Å². The third-order valence-electron chi connectivity index (χ3n) is 4.86. The number of carbonyl (C=O) groups is 2. The van der Waals surface area contributed by atoms with Crippen LogP contribution in [-0.4, -0.2) is 49.5 Å². The van der Waals surface area contributed by atoms with E-state index in [9.17, 15) is 9.59 Å². The van der Waals surface area contributed by atoms with Crippen molar-refractivity contribution in [3.8, 4) is 0 Å². The standard InChI is InChI=1S/C19H35N5O2/c1-4-20-19(22-11-10-21-17(25)13(2)3)24-16-7-5-6-14(12-16)18(26)23-15-8-9-15/h13-16H,4-12H2,1-3H3,(H,21,25)(H,23,26)(H2,20,22,24). The Balaban J connectivity index is 1.78. The van der Waals surface area contributed by atoms with Gasteiger partial charge in [0.2, 0.25) is 11.8 Å². The Morgan fingerprint density at radius 2 is 1.81 bits per heavy atom. The Kier molecular flexibility index (Phi) is 8.19. The van der Waals surface area contributed by atoms with Crippen LogP contribution in [0.2, 0.25) is 0 Å². The lowest BCUT2D eigenvalue weighted by Crippen LogP contribution is -2.47. The van der Waals surface area contributed by atoms with Gasteiger partial charge in [-0.3, -0.25) is 14.6 Å². The molecule has 4 N–H and O–H groups in total. The van der Waals surface area contributed by atoms with E-state index < -0.39 is 0 Å². The Morgan fingerprint density at radius 1 is 1.04 bits per heavy atom. The fourth-order valence-corrected chi connectivity index (χ4v) is 3.17. The molecule has 0 aromatic heterocycles. The number of guanidine groups is 1. The zero-order valence-corrected chi connectivity index (χ0v) is 16.4. The van der Waals surface area contributed by atoms with Crippen LogP contribution < -0.4 is 21.3 Å². The number of hydrogen-bond acceptors (Lipinski definition) is 3. The van der Waals surface area contributed by atoms with Gasteiger partial charge in [0.05, 0.1) is 6.54 Å². The fourth-order valence-electron chi connectivity index (χ4n) is 3.17. The first-order valence-corrected chi connectivity index (χ1v) is 10.1. The van der Waals surface area contributed by atoms with E-state index in [-0.39, 0.29) is 29.7 Å². The number of amides is 2. The third kappa shape index (κ3) is 7.22. The maximum Gasteiger partial charge on any atom is 0.223 e. The summed E-state index contributed by atoms with van der Waals surface area (Å²) in [5, 5.41) is 12.7. The predicted molar refractivity (Wildman–Crippen MR) is 104 cm³/mol. The molecular formula is C19H35N5O2. The van der Waals surface area contributed by atoms with Gasteiger partial charge in [0.25, 0.3) is 0 Å². The summed E-state index contributed by atoms with van der Waals surface area (Å²) in [5.41, 5.74) is 0. The molecule has 0 spiro atoms. The first-order chi connectivity index (χ1) is 12.5. The van der Waals surface area contributed by atoms with Gasteiger partial charge in [-0.15, -0.1) is 0 Å². The average molecular weight is 366 g/mol. The second-order valence-corrected chi connectivity index (χ2v) is 7.69. The summed E-state index contributed by atoms with van der Waals surface area (Å²) < 4.78 is 0. The maximum absolute atomic E-state index is 12.3. The average Bonchev–Trinajstić information content (AvgIpc) is 3.42. The van der Waals surface area contributed by atoms with Gasteiger partial charge in [-0.2, -0.15) is 0 Å². The molecule has 2 unspecified atom stereocenters. The molecule has 2 saturated carbocycles. The number of nitrogens with one attached hydrogen (secondary N) is 4. The van der Waals surface area contributed by atoms with E-state index in [1.165, 1.54) is 0 Å². The maximum atomic E-state index is 12.3. The van der Waals surface area contributed by atoms with Gasteiger partial charge in [-0.1, -0.05) is 20.3 Å². The van der Waals surface area contributed by atoms with E-state index in [1.54, 1.807) is 0 Å². The molecule has 2 aliphatic rings. The highest BCUT2D eigenvalue weighted by Crippen LogP contribution is 2.26. The zero-order valence-electron chi connectivity index (χ0n) is 16.4. The molecule has 2 fully saturated rings. The van der Waals surface area contributed by atoms with Crippen molar-refractivity contribution in [2.45, 2.75) is 71.4 Å². The van der Waals surface area contributed by atoms with Crippen molar-refractivity contribution in [2.24, 2.45) is 16.8 Å². The lowest BCUT2D eigenvalue weighted by Gasteiger charge is -2.30. The van der Waals surface area contributed by atoms with Crippen LogP contribution in [0.25, 0.3) is 0 Å². The lowest BCUT2D eigenvalue weighted by molar-refractivity contribution is -0.126. The number of aliphatic imine (C=N–C) groups is 1. The van der Waals surface area contributed by atoms with Gasteiger partial charge >= 0.3 is 0 Å². The smallest absolute Gasteiger partial charge is 0.223 e. The van der Waals surface area contributed by atoms with Crippen molar-refractivity contribution in [3.63, 3.8) is 0 Å². The van der Waals surface area contributed by atoms with Crippen molar-refractivity contribution in [3.05, 3.63) is 0 Å². The van der Waals surface area contributed by atoms with Crippen LogP contribution in [0, 0.1) is 11.8 Å². The topological polar surface area (TPSA) is 94.6 Å². The van der Waals surface area contributed by atoms with Crippen molar-refractivity contribution in [1.82, 2.24) is 21.3 Å². The number of hydrogen-bond donors (Lipinski definition) is 4. The summed E-state index contributed by atoms with van der Waals surface area (Å²) in [6.07, 6.45) is 6.21. The molecule has 148 valence electrons. The summed E-state index contributed by atoms with van der Waals surface area (Å²) in [6.45, 7) is 7.63. The molecule has 7 nitrogen and oxygen atoms in total. The molecule has 0 saturated heterocycles. The van der Waals surface area contributed by atoms with Crippen LogP contribution in [0.4, 0.5) is 0 Å². The van der Waals surface area contributed by atoms with Crippen molar-refractivity contribution < 1.29 is 9.59 Å². The summed E-state index contributed by atoms with van der Waals surface area (Å²) >= 11 is 0. The van der Waals surface area contributed by atoms with Crippen molar-refractivity contribution in [1.29, 1.82) is 0 Å². The molecule has 2 amide bonds. The monoisotopic (exact) mass is 365 g/mol. The van der Waals surface area contributed by atoms with Crippen LogP contribution in [0.5, 0.6) is 0 Å². The van der Waals surface area contributed by atoms with Crippen molar-refractivity contribution >= 4 is 17.8 Å². The Hall–Kier alpha value is -1.79. The first-order valence-electron chi connectivity index (χ1n) is 10.1. The highest BCUT2D eigenvalue weighted by atomic mass is 16.2. The summed E-state index contributed by atoms with van der Waals surface area (Å²) in [5.74, 6) is 1.13. The molecule has 2 atom stereocenters. The summed E-state index contributed by atoms with van der Waals surface area (Å²) in [4.78, 5) is 28.4. The molecule has 0 radical (unpaired) electrons. The summed E-state index contributed by atoms with van der Waals surface area (Å²) in [6, 6.07) is 0.692. The Labute approximate surface area is 157 Å². The lowest BCUT2D eigenvalue weighted by atomic mass is 9.85. The minimum Gasteiger partial charge on any atom is -0.357 e. The highest BCUT2D eigenvalue weighted by Gasteiger charge is 2.31. The SMILES string of the molecule is CCNC(=NCCNC(=O)C(C)C)NC1CCCC(C(=O)NC2CC2)C1. The summed E-state index contributed by atoms with van der Waals surface area (Å²) in [7, 11) is 0. The second-order valence-electron chi connectivity index (χ2n) is 7.69. The molecule has 0 aromatic rings. The predicted octanol–water partition coefficient (Wildman–Crippen LogP) is 1.15.